The number of nitrogens with zero attached hydrogens (tertiary/aromatic N) is 3. The van der Waals surface area contributed by atoms with Gasteiger partial charge in [-0.1, -0.05) is 33.8 Å². The van der Waals surface area contributed by atoms with Crippen LogP contribution in [0.4, 0.5) is 5.69 Å². The third-order valence-corrected chi connectivity index (χ3v) is 3.85. The maximum Gasteiger partial charge on any atom is 0.150 e. The van der Waals surface area contributed by atoms with Crippen LogP contribution in [-0.4, -0.2) is 14.8 Å². The van der Waals surface area contributed by atoms with Gasteiger partial charge in [0.2, 0.25) is 0 Å². The molecule has 0 aliphatic rings. The lowest BCUT2D eigenvalue weighted by molar-refractivity contribution is 1.09. The summed E-state index contributed by atoms with van der Waals surface area (Å²) in [5, 5.41) is 4.95. The standard InChI is InChI=1S/C11H9Cl2N3S/c1-6-3-4-8(5-9(6)12)14-11(13)10-7(2)15-16-17-10/h3-5H,1-2H3. The Morgan fingerprint density at radius 1 is 1.35 bits per heavy atom. The maximum atomic E-state index is 6.12. The molecule has 0 amide bonds. The van der Waals surface area contributed by atoms with Crippen molar-refractivity contribution in [3.05, 3.63) is 39.4 Å². The summed E-state index contributed by atoms with van der Waals surface area (Å²) in [4.78, 5) is 5.07. The van der Waals surface area contributed by atoms with Crippen LogP contribution in [0.25, 0.3) is 0 Å². The van der Waals surface area contributed by atoms with Crippen molar-refractivity contribution in [2.45, 2.75) is 13.8 Å². The Hall–Kier alpha value is -0.970. The van der Waals surface area contributed by atoms with Crippen LogP contribution in [0.5, 0.6) is 0 Å². The Kier molecular flexibility index (Phi) is 3.76. The second kappa shape index (κ2) is 5.12. The molecule has 1 heterocycles. The second-order valence-corrected chi connectivity index (χ2v) is 5.04. The second-order valence-electron chi connectivity index (χ2n) is 3.52. The lowest BCUT2D eigenvalue weighted by atomic mass is 10.2. The van der Waals surface area contributed by atoms with Crippen molar-refractivity contribution in [3.63, 3.8) is 0 Å². The van der Waals surface area contributed by atoms with Crippen LogP contribution in [0, 0.1) is 13.8 Å². The van der Waals surface area contributed by atoms with E-state index in [1.165, 1.54) is 11.5 Å². The molecule has 0 saturated carbocycles. The van der Waals surface area contributed by atoms with E-state index in [4.69, 9.17) is 23.2 Å². The first-order chi connectivity index (χ1) is 8.08. The zero-order valence-electron chi connectivity index (χ0n) is 9.24. The molecule has 1 aromatic carbocycles. The summed E-state index contributed by atoms with van der Waals surface area (Å²) < 4.78 is 3.82. The zero-order chi connectivity index (χ0) is 12.4. The summed E-state index contributed by atoms with van der Waals surface area (Å²) in [5.41, 5.74) is 2.51. The van der Waals surface area contributed by atoms with E-state index in [1.807, 2.05) is 26.0 Å². The molecule has 0 atom stereocenters. The Morgan fingerprint density at radius 2 is 2.12 bits per heavy atom. The monoisotopic (exact) mass is 285 g/mol. The predicted molar refractivity (Wildman–Crippen MR) is 72.9 cm³/mol. The van der Waals surface area contributed by atoms with Gasteiger partial charge in [-0.25, -0.2) is 4.99 Å². The highest BCUT2D eigenvalue weighted by atomic mass is 35.5. The lowest BCUT2D eigenvalue weighted by Gasteiger charge is -2.00. The van der Waals surface area contributed by atoms with Gasteiger partial charge in [0.25, 0.3) is 0 Å². The first kappa shape index (κ1) is 12.5. The molecule has 0 radical (unpaired) electrons. The van der Waals surface area contributed by atoms with Gasteiger partial charge in [0.05, 0.1) is 11.4 Å². The van der Waals surface area contributed by atoms with Crippen molar-refractivity contribution in [1.82, 2.24) is 9.59 Å². The number of aliphatic imine (C=N–C) groups is 1. The first-order valence-corrected chi connectivity index (χ1v) is 6.40. The minimum absolute atomic E-state index is 0.386. The van der Waals surface area contributed by atoms with Crippen LogP contribution in [0.3, 0.4) is 0 Å². The van der Waals surface area contributed by atoms with Crippen LogP contribution in [0.15, 0.2) is 23.2 Å². The average molecular weight is 286 g/mol. The molecule has 0 bridgehead atoms. The normalized spacial score (nSPS) is 11.9. The molecule has 0 aliphatic carbocycles. The fraction of sp³-hybridized carbons (Fsp3) is 0.182. The van der Waals surface area contributed by atoms with Gasteiger partial charge in [-0.2, -0.15) is 0 Å². The topological polar surface area (TPSA) is 38.1 Å². The van der Waals surface area contributed by atoms with Gasteiger partial charge < -0.3 is 0 Å². The smallest absolute Gasteiger partial charge is 0.150 e. The predicted octanol–water partition coefficient (Wildman–Crippen LogP) is 4.13. The molecule has 0 unspecified atom stereocenters. The summed E-state index contributed by atoms with van der Waals surface area (Å²) in [6, 6.07) is 5.56. The Bertz CT molecular complexity index is 578. The number of aromatic nitrogens is 2. The number of hydrogen-bond donors (Lipinski definition) is 0. The summed E-state index contributed by atoms with van der Waals surface area (Å²) >= 11 is 13.4. The SMILES string of the molecule is Cc1ccc(N=C(Cl)c2snnc2C)cc1Cl. The largest absolute Gasteiger partial charge is 0.235 e. The lowest BCUT2D eigenvalue weighted by Crippen LogP contribution is -1.89. The molecule has 6 heteroatoms. The van der Waals surface area contributed by atoms with Crippen molar-refractivity contribution < 1.29 is 0 Å². The van der Waals surface area contributed by atoms with E-state index in [0.29, 0.717) is 10.2 Å². The van der Waals surface area contributed by atoms with Crippen LogP contribution in [-0.2, 0) is 0 Å². The van der Waals surface area contributed by atoms with E-state index in [1.54, 1.807) is 6.07 Å². The maximum absolute atomic E-state index is 6.12. The van der Waals surface area contributed by atoms with Gasteiger partial charge in [-0.3, -0.25) is 0 Å². The summed E-state index contributed by atoms with van der Waals surface area (Å²) in [6.07, 6.45) is 0. The van der Waals surface area contributed by atoms with Crippen molar-refractivity contribution in [1.29, 1.82) is 0 Å². The molecule has 1 aromatic heterocycles. The van der Waals surface area contributed by atoms with Crippen LogP contribution >= 0.6 is 34.7 Å². The number of rotatable bonds is 2. The minimum atomic E-state index is 0.386. The van der Waals surface area contributed by atoms with Crippen LogP contribution in [0.2, 0.25) is 5.02 Å². The fourth-order valence-electron chi connectivity index (χ4n) is 1.24. The van der Waals surface area contributed by atoms with Gasteiger partial charge in [0.1, 0.15) is 10.0 Å². The third kappa shape index (κ3) is 2.83. The van der Waals surface area contributed by atoms with E-state index in [0.717, 1.165) is 21.8 Å². The molecule has 0 saturated heterocycles. The van der Waals surface area contributed by atoms with E-state index < -0.39 is 0 Å². The molecule has 88 valence electrons. The average Bonchev–Trinajstić information content (AvgIpc) is 2.70. The number of aryl methyl sites for hydroxylation is 2. The fourth-order valence-corrected chi connectivity index (χ4v) is 2.29. The van der Waals surface area contributed by atoms with Crippen molar-refractivity contribution in [3.8, 4) is 0 Å². The van der Waals surface area contributed by atoms with Crippen LogP contribution < -0.4 is 0 Å². The first-order valence-electron chi connectivity index (χ1n) is 4.87. The highest BCUT2D eigenvalue weighted by Crippen LogP contribution is 2.24. The highest BCUT2D eigenvalue weighted by molar-refractivity contribution is 7.10. The van der Waals surface area contributed by atoms with E-state index in [-0.39, 0.29) is 0 Å². The highest BCUT2D eigenvalue weighted by Gasteiger charge is 2.08. The Labute approximate surface area is 113 Å². The third-order valence-electron chi connectivity index (χ3n) is 2.22. The zero-order valence-corrected chi connectivity index (χ0v) is 11.6. The van der Waals surface area contributed by atoms with Gasteiger partial charge in [-0.15, -0.1) is 5.10 Å². The molecule has 0 fully saturated rings. The van der Waals surface area contributed by atoms with E-state index in [2.05, 4.69) is 14.6 Å². The molecular weight excluding hydrogens is 277 g/mol. The molecule has 0 spiro atoms. The van der Waals surface area contributed by atoms with Crippen molar-refractivity contribution >= 4 is 45.6 Å². The molecular formula is C11H9Cl2N3S. The quantitative estimate of drug-likeness (QED) is 0.779. The molecule has 2 aromatic rings. The Morgan fingerprint density at radius 3 is 2.71 bits per heavy atom. The number of hydrogen-bond acceptors (Lipinski definition) is 4. The number of benzene rings is 1. The van der Waals surface area contributed by atoms with Gasteiger partial charge in [0, 0.05) is 5.02 Å². The van der Waals surface area contributed by atoms with E-state index >= 15 is 0 Å². The van der Waals surface area contributed by atoms with Crippen molar-refractivity contribution in [2.75, 3.05) is 0 Å². The molecule has 0 aliphatic heterocycles. The Balaban J connectivity index is 2.36. The van der Waals surface area contributed by atoms with E-state index in [9.17, 15) is 0 Å². The number of halogens is 2. The van der Waals surface area contributed by atoms with Gasteiger partial charge in [-0.05, 0) is 43.1 Å². The molecule has 2 rings (SSSR count). The van der Waals surface area contributed by atoms with Gasteiger partial charge in [0.15, 0.2) is 0 Å². The van der Waals surface area contributed by atoms with Crippen LogP contribution in [0.1, 0.15) is 16.1 Å². The minimum Gasteiger partial charge on any atom is -0.235 e. The summed E-state index contributed by atoms with van der Waals surface area (Å²) in [5.74, 6) is 0. The van der Waals surface area contributed by atoms with Gasteiger partial charge >= 0.3 is 0 Å². The molecule has 3 nitrogen and oxygen atoms in total. The molecule has 0 N–H and O–H groups in total. The molecule has 17 heavy (non-hydrogen) atoms. The van der Waals surface area contributed by atoms with Crippen molar-refractivity contribution in [2.24, 2.45) is 4.99 Å². The summed E-state index contributed by atoms with van der Waals surface area (Å²) in [6.45, 7) is 3.79. The summed E-state index contributed by atoms with van der Waals surface area (Å²) in [7, 11) is 0.